The predicted molar refractivity (Wildman–Crippen MR) is 53.8 cm³/mol. The molecule has 0 radical (unpaired) electrons. The topological polar surface area (TPSA) is 21.3 Å². The molecular weight excluding hydrogens is 207 g/mol. The standard InChI is InChI=1S/C10H20F3NO/c1-9(2,3)4-5-14-6-7-15-8-10(11,12)13/h14H,4-8H2,1-3H3. The Morgan fingerprint density at radius 1 is 1.07 bits per heavy atom. The van der Waals surface area contributed by atoms with Crippen LogP contribution in [0.4, 0.5) is 13.2 Å². The van der Waals surface area contributed by atoms with Crippen molar-refractivity contribution in [1.29, 1.82) is 0 Å². The van der Waals surface area contributed by atoms with Gasteiger partial charge in [0.15, 0.2) is 0 Å². The highest BCUT2D eigenvalue weighted by Crippen LogP contribution is 2.16. The third-order valence-corrected chi connectivity index (χ3v) is 1.74. The Kier molecular flexibility index (Phi) is 6.20. The van der Waals surface area contributed by atoms with Crippen molar-refractivity contribution in [3.8, 4) is 0 Å². The number of halogens is 3. The second-order valence-corrected chi connectivity index (χ2v) is 4.73. The van der Waals surface area contributed by atoms with Gasteiger partial charge in [0.2, 0.25) is 0 Å². The lowest BCUT2D eigenvalue weighted by Crippen LogP contribution is -2.26. The summed E-state index contributed by atoms with van der Waals surface area (Å²) in [6, 6.07) is 0. The van der Waals surface area contributed by atoms with Crippen LogP contribution in [-0.2, 0) is 4.74 Å². The molecule has 5 heteroatoms. The summed E-state index contributed by atoms with van der Waals surface area (Å²) in [5, 5.41) is 3.04. The molecule has 0 aromatic carbocycles. The van der Waals surface area contributed by atoms with Gasteiger partial charge in [0.25, 0.3) is 0 Å². The molecule has 0 aromatic heterocycles. The Labute approximate surface area is 89.2 Å². The molecule has 0 rings (SSSR count). The Morgan fingerprint density at radius 3 is 2.13 bits per heavy atom. The van der Waals surface area contributed by atoms with Crippen LogP contribution in [0.15, 0.2) is 0 Å². The van der Waals surface area contributed by atoms with Crippen LogP contribution in [0.2, 0.25) is 0 Å². The van der Waals surface area contributed by atoms with E-state index in [1.165, 1.54) is 0 Å². The summed E-state index contributed by atoms with van der Waals surface area (Å²) in [6.45, 7) is 6.57. The average molecular weight is 227 g/mol. The highest BCUT2D eigenvalue weighted by atomic mass is 19.4. The molecule has 0 aliphatic carbocycles. The summed E-state index contributed by atoms with van der Waals surface area (Å²) >= 11 is 0. The van der Waals surface area contributed by atoms with E-state index >= 15 is 0 Å². The predicted octanol–water partition coefficient (Wildman–Crippen LogP) is 2.59. The smallest absolute Gasteiger partial charge is 0.371 e. The molecule has 0 heterocycles. The minimum Gasteiger partial charge on any atom is -0.371 e. The number of nitrogens with one attached hydrogen (secondary N) is 1. The van der Waals surface area contributed by atoms with Gasteiger partial charge in [0.1, 0.15) is 6.61 Å². The molecule has 0 bridgehead atoms. The largest absolute Gasteiger partial charge is 0.411 e. The van der Waals surface area contributed by atoms with Crippen LogP contribution in [0.5, 0.6) is 0 Å². The molecule has 0 saturated heterocycles. The summed E-state index contributed by atoms with van der Waals surface area (Å²) in [7, 11) is 0. The molecule has 1 N–H and O–H groups in total. The highest BCUT2D eigenvalue weighted by molar-refractivity contribution is 4.62. The van der Waals surface area contributed by atoms with Crippen molar-refractivity contribution < 1.29 is 17.9 Å². The van der Waals surface area contributed by atoms with E-state index in [9.17, 15) is 13.2 Å². The second kappa shape index (κ2) is 6.33. The van der Waals surface area contributed by atoms with Crippen LogP contribution in [0.1, 0.15) is 27.2 Å². The molecule has 0 spiro atoms. The molecule has 2 nitrogen and oxygen atoms in total. The van der Waals surface area contributed by atoms with Crippen LogP contribution in [0, 0.1) is 5.41 Å². The van der Waals surface area contributed by atoms with E-state index in [1.54, 1.807) is 0 Å². The Bertz CT molecular complexity index is 145. The fraction of sp³-hybridized carbons (Fsp3) is 1.00. The summed E-state index contributed by atoms with van der Waals surface area (Å²) in [4.78, 5) is 0. The molecule has 0 fully saturated rings. The van der Waals surface area contributed by atoms with E-state index in [2.05, 4.69) is 30.8 Å². The van der Waals surface area contributed by atoms with Crippen molar-refractivity contribution in [2.24, 2.45) is 5.41 Å². The van der Waals surface area contributed by atoms with Gasteiger partial charge in [-0.1, -0.05) is 20.8 Å². The van der Waals surface area contributed by atoms with Gasteiger partial charge in [0.05, 0.1) is 6.61 Å². The van der Waals surface area contributed by atoms with Crippen LogP contribution in [0.3, 0.4) is 0 Å². The molecule has 0 aliphatic heterocycles. The number of rotatable bonds is 6. The second-order valence-electron chi connectivity index (χ2n) is 4.73. The number of ether oxygens (including phenoxy) is 1. The van der Waals surface area contributed by atoms with E-state index in [4.69, 9.17) is 0 Å². The SMILES string of the molecule is CC(C)(C)CCNCCOCC(F)(F)F. The van der Waals surface area contributed by atoms with Gasteiger partial charge < -0.3 is 10.1 Å². The van der Waals surface area contributed by atoms with E-state index in [0.29, 0.717) is 6.54 Å². The fourth-order valence-electron chi connectivity index (χ4n) is 0.921. The van der Waals surface area contributed by atoms with E-state index in [0.717, 1.165) is 13.0 Å². The summed E-state index contributed by atoms with van der Waals surface area (Å²) in [5.74, 6) is 0. The van der Waals surface area contributed by atoms with Gasteiger partial charge in [-0.15, -0.1) is 0 Å². The van der Waals surface area contributed by atoms with Crippen molar-refractivity contribution >= 4 is 0 Å². The molecule has 15 heavy (non-hydrogen) atoms. The molecular formula is C10H20F3NO. The van der Waals surface area contributed by atoms with Crippen LogP contribution in [0.25, 0.3) is 0 Å². The van der Waals surface area contributed by atoms with Crippen molar-refractivity contribution in [3.05, 3.63) is 0 Å². The van der Waals surface area contributed by atoms with Gasteiger partial charge in [-0.25, -0.2) is 0 Å². The average Bonchev–Trinajstić information content (AvgIpc) is 1.98. The zero-order valence-corrected chi connectivity index (χ0v) is 9.58. The lowest BCUT2D eigenvalue weighted by molar-refractivity contribution is -0.173. The Hall–Kier alpha value is -0.290. The molecule has 0 saturated carbocycles. The zero-order valence-electron chi connectivity index (χ0n) is 9.58. The van der Waals surface area contributed by atoms with Gasteiger partial charge in [0, 0.05) is 6.54 Å². The Balaban J connectivity index is 3.20. The highest BCUT2D eigenvalue weighted by Gasteiger charge is 2.27. The van der Waals surface area contributed by atoms with Gasteiger partial charge in [-0.3, -0.25) is 0 Å². The monoisotopic (exact) mass is 227 g/mol. The van der Waals surface area contributed by atoms with Gasteiger partial charge in [-0.2, -0.15) is 13.2 Å². The van der Waals surface area contributed by atoms with Crippen LogP contribution >= 0.6 is 0 Å². The molecule has 92 valence electrons. The quantitative estimate of drug-likeness (QED) is 0.704. The summed E-state index contributed by atoms with van der Waals surface area (Å²) < 4.78 is 39.4. The third kappa shape index (κ3) is 13.7. The van der Waals surface area contributed by atoms with E-state index in [1.807, 2.05) is 0 Å². The Morgan fingerprint density at radius 2 is 1.67 bits per heavy atom. The number of alkyl halides is 3. The zero-order chi connectivity index (χ0) is 11.9. The minimum atomic E-state index is -4.22. The first kappa shape index (κ1) is 14.7. The molecule has 0 atom stereocenters. The molecule has 0 unspecified atom stereocenters. The third-order valence-electron chi connectivity index (χ3n) is 1.74. The fourth-order valence-corrected chi connectivity index (χ4v) is 0.921. The maximum absolute atomic E-state index is 11.6. The number of hydrogen-bond acceptors (Lipinski definition) is 2. The first-order valence-electron chi connectivity index (χ1n) is 5.06. The summed E-state index contributed by atoms with van der Waals surface area (Å²) in [6.07, 6.45) is -3.22. The maximum atomic E-state index is 11.6. The first-order valence-corrected chi connectivity index (χ1v) is 5.06. The van der Waals surface area contributed by atoms with Crippen molar-refractivity contribution in [2.45, 2.75) is 33.4 Å². The molecule has 0 aliphatic rings. The van der Waals surface area contributed by atoms with E-state index < -0.39 is 12.8 Å². The molecule has 0 amide bonds. The maximum Gasteiger partial charge on any atom is 0.411 e. The minimum absolute atomic E-state index is 0.101. The number of hydrogen-bond donors (Lipinski definition) is 1. The normalized spacial score (nSPS) is 13.2. The lowest BCUT2D eigenvalue weighted by Gasteiger charge is -2.18. The van der Waals surface area contributed by atoms with Crippen molar-refractivity contribution in [1.82, 2.24) is 5.32 Å². The van der Waals surface area contributed by atoms with Crippen LogP contribution in [-0.4, -0.2) is 32.5 Å². The van der Waals surface area contributed by atoms with Gasteiger partial charge >= 0.3 is 6.18 Å². The van der Waals surface area contributed by atoms with Gasteiger partial charge in [-0.05, 0) is 18.4 Å². The first-order chi connectivity index (χ1) is 6.71. The molecule has 0 aromatic rings. The van der Waals surface area contributed by atoms with Crippen molar-refractivity contribution in [3.63, 3.8) is 0 Å². The summed E-state index contributed by atoms with van der Waals surface area (Å²) in [5.41, 5.74) is 0.250. The lowest BCUT2D eigenvalue weighted by atomic mass is 9.92. The van der Waals surface area contributed by atoms with E-state index in [-0.39, 0.29) is 12.0 Å². The van der Waals surface area contributed by atoms with Crippen LogP contribution < -0.4 is 5.32 Å². The van der Waals surface area contributed by atoms with Crippen molar-refractivity contribution in [2.75, 3.05) is 26.3 Å².